The minimum atomic E-state index is -1.08. The highest BCUT2D eigenvalue weighted by atomic mass is 16.5. The zero-order chi connectivity index (χ0) is 22.5. The number of ether oxygens (including phenoxy) is 1. The maximum absolute atomic E-state index is 11.4. The van der Waals surface area contributed by atoms with Crippen molar-refractivity contribution in [3.63, 3.8) is 0 Å². The molecule has 1 aromatic carbocycles. The number of carboxylic acid groups (broad SMARTS) is 1. The van der Waals surface area contributed by atoms with Crippen LogP contribution in [0.2, 0.25) is 0 Å². The third-order valence-corrected chi connectivity index (χ3v) is 4.42. The Morgan fingerprint density at radius 2 is 1.87 bits per heavy atom. The van der Waals surface area contributed by atoms with Crippen LogP contribution in [0.4, 0.5) is 0 Å². The summed E-state index contributed by atoms with van der Waals surface area (Å²) in [5.74, 6) is -2.39. The van der Waals surface area contributed by atoms with Crippen molar-refractivity contribution in [3.8, 4) is 17.6 Å². The van der Waals surface area contributed by atoms with Crippen molar-refractivity contribution in [1.29, 1.82) is 5.26 Å². The highest BCUT2D eigenvalue weighted by molar-refractivity contribution is 5.91. The van der Waals surface area contributed by atoms with Crippen molar-refractivity contribution < 1.29 is 34.8 Å². The van der Waals surface area contributed by atoms with Gasteiger partial charge in [-0.1, -0.05) is 31.9 Å². The van der Waals surface area contributed by atoms with Gasteiger partial charge in [0.1, 0.15) is 17.7 Å². The highest BCUT2D eigenvalue weighted by Crippen LogP contribution is 2.25. The molecule has 0 aliphatic carbocycles. The van der Waals surface area contributed by atoms with E-state index in [1.807, 2.05) is 0 Å². The molecule has 1 unspecified atom stereocenters. The number of hydrogen-bond donors (Lipinski definition) is 5. The zero-order valence-electron chi connectivity index (χ0n) is 16.7. The number of nitrogens with zero attached hydrogens (tertiary/aromatic N) is 1. The number of aromatic hydroxyl groups is 2. The summed E-state index contributed by atoms with van der Waals surface area (Å²) in [5, 5.41) is 49.5. The van der Waals surface area contributed by atoms with E-state index in [2.05, 4.69) is 11.9 Å². The second kappa shape index (κ2) is 13.2. The summed E-state index contributed by atoms with van der Waals surface area (Å²) in [7, 11) is 0. The van der Waals surface area contributed by atoms with E-state index in [9.17, 15) is 30.0 Å². The van der Waals surface area contributed by atoms with Gasteiger partial charge in [0.2, 0.25) is 0 Å². The summed E-state index contributed by atoms with van der Waals surface area (Å²) in [6, 6.07) is 4.80. The number of rotatable bonds is 14. The van der Waals surface area contributed by atoms with Gasteiger partial charge in [0, 0.05) is 6.54 Å². The van der Waals surface area contributed by atoms with Gasteiger partial charge in [-0.15, -0.1) is 0 Å². The molecule has 0 saturated carbocycles. The second-order valence-electron chi connectivity index (χ2n) is 6.91. The smallest absolute Gasteiger partial charge is 0.348 e. The predicted molar refractivity (Wildman–Crippen MR) is 108 cm³/mol. The molecule has 0 spiro atoms. The molecule has 30 heavy (non-hydrogen) atoms. The third-order valence-electron chi connectivity index (χ3n) is 4.42. The molecule has 1 rings (SSSR count). The van der Waals surface area contributed by atoms with Crippen molar-refractivity contribution in [2.45, 2.75) is 50.7 Å². The van der Waals surface area contributed by atoms with Crippen LogP contribution in [0.15, 0.2) is 30.4 Å². The van der Waals surface area contributed by atoms with Crippen LogP contribution in [-0.4, -0.2) is 57.7 Å². The van der Waals surface area contributed by atoms with Crippen LogP contribution in [0, 0.1) is 11.3 Å². The van der Waals surface area contributed by atoms with E-state index in [1.165, 1.54) is 18.2 Å². The van der Waals surface area contributed by atoms with Crippen molar-refractivity contribution >= 4 is 11.9 Å². The molecule has 0 heterocycles. The Balaban J connectivity index is 2.23. The summed E-state index contributed by atoms with van der Waals surface area (Å²) in [4.78, 5) is 22.6. The molecule has 0 fully saturated rings. The minimum absolute atomic E-state index is 0.0901. The van der Waals surface area contributed by atoms with Crippen LogP contribution in [0.1, 0.15) is 37.7 Å². The molecule has 2 atom stereocenters. The van der Waals surface area contributed by atoms with Crippen LogP contribution in [0.5, 0.6) is 11.5 Å². The Morgan fingerprint density at radius 1 is 1.17 bits per heavy atom. The number of nitrogens with one attached hydrogen (secondary N) is 1. The molecule has 9 heteroatoms. The molecule has 0 radical (unpaired) electrons. The SMILES string of the molecule is C=C(C#N)C(=O)OCCCCCCC(O)CN[C@@H](Cc1ccc(O)c(O)c1)C(=O)O. The van der Waals surface area contributed by atoms with E-state index in [4.69, 9.17) is 10.00 Å². The predicted octanol–water partition coefficient (Wildman–Crippen LogP) is 1.62. The van der Waals surface area contributed by atoms with Gasteiger partial charge in [0.15, 0.2) is 11.5 Å². The summed E-state index contributed by atoms with van der Waals surface area (Å²) < 4.78 is 4.87. The minimum Gasteiger partial charge on any atom is -0.504 e. The highest BCUT2D eigenvalue weighted by Gasteiger charge is 2.19. The van der Waals surface area contributed by atoms with E-state index >= 15 is 0 Å². The normalized spacial score (nSPS) is 12.5. The summed E-state index contributed by atoms with van der Waals surface area (Å²) in [5.41, 5.74) is 0.311. The molecular formula is C21H28N2O7. The van der Waals surface area contributed by atoms with Gasteiger partial charge in [-0.3, -0.25) is 4.79 Å². The zero-order valence-corrected chi connectivity index (χ0v) is 16.7. The first-order valence-corrected chi connectivity index (χ1v) is 9.65. The summed E-state index contributed by atoms with van der Waals surface area (Å²) >= 11 is 0. The monoisotopic (exact) mass is 420 g/mol. The Bertz CT molecular complexity index is 773. The second-order valence-corrected chi connectivity index (χ2v) is 6.91. The quantitative estimate of drug-likeness (QED) is 0.0990. The number of carbonyl (C=O) groups is 2. The van der Waals surface area contributed by atoms with Crippen LogP contribution < -0.4 is 5.32 Å². The first-order chi connectivity index (χ1) is 14.2. The number of hydrogen-bond acceptors (Lipinski definition) is 8. The van der Waals surface area contributed by atoms with Crippen molar-refractivity contribution in [2.24, 2.45) is 0 Å². The molecule has 0 aliphatic heterocycles. The molecule has 9 nitrogen and oxygen atoms in total. The number of unbranched alkanes of at least 4 members (excludes halogenated alkanes) is 3. The number of aliphatic hydroxyl groups is 1. The molecule has 1 aromatic rings. The fourth-order valence-electron chi connectivity index (χ4n) is 2.69. The van der Waals surface area contributed by atoms with Gasteiger partial charge in [-0.25, -0.2) is 4.79 Å². The van der Waals surface area contributed by atoms with Crippen LogP contribution in [0.3, 0.4) is 0 Å². The van der Waals surface area contributed by atoms with Gasteiger partial charge in [0.05, 0.1) is 12.7 Å². The van der Waals surface area contributed by atoms with E-state index in [-0.39, 0.29) is 36.6 Å². The number of aliphatic carboxylic acids is 1. The average molecular weight is 420 g/mol. The fourth-order valence-corrected chi connectivity index (χ4v) is 2.69. The largest absolute Gasteiger partial charge is 0.504 e. The van der Waals surface area contributed by atoms with E-state index in [0.29, 0.717) is 18.4 Å². The average Bonchev–Trinajstić information content (AvgIpc) is 2.71. The van der Waals surface area contributed by atoms with Crippen molar-refractivity contribution in [2.75, 3.05) is 13.2 Å². The Hall–Kier alpha value is -3.09. The number of benzene rings is 1. The van der Waals surface area contributed by atoms with E-state index in [1.54, 1.807) is 6.07 Å². The molecule has 0 amide bonds. The maximum Gasteiger partial charge on any atom is 0.348 e. The Kier molecular flexibility index (Phi) is 11.0. The maximum atomic E-state index is 11.4. The molecule has 0 saturated heterocycles. The van der Waals surface area contributed by atoms with Crippen molar-refractivity contribution in [3.05, 3.63) is 35.9 Å². The first-order valence-electron chi connectivity index (χ1n) is 9.65. The van der Waals surface area contributed by atoms with Crippen LogP contribution >= 0.6 is 0 Å². The van der Waals surface area contributed by atoms with E-state index in [0.717, 1.165) is 19.3 Å². The lowest BCUT2D eigenvalue weighted by atomic mass is 10.0. The number of carbonyl (C=O) groups excluding carboxylic acids is 1. The molecule has 164 valence electrons. The topological polar surface area (TPSA) is 160 Å². The number of esters is 1. The van der Waals surface area contributed by atoms with Gasteiger partial charge in [0.25, 0.3) is 0 Å². The number of aliphatic hydroxyl groups excluding tert-OH is 1. The summed E-state index contributed by atoms with van der Waals surface area (Å²) in [6.07, 6.45) is 2.83. The number of nitriles is 1. The first kappa shape index (κ1) is 24.9. The molecular weight excluding hydrogens is 392 g/mol. The number of carboxylic acids is 1. The lowest BCUT2D eigenvalue weighted by molar-refractivity contribution is -0.140. The Morgan fingerprint density at radius 3 is 2.50 bits per heavy atom. The van der Waals surface area contributed by atoms with Gasteiger partial charge in [-0.2, -0.15) is 5.26 Å². The number of phenolic OH excluding ortho intramolecular Hbond substituents is 2. The van der Waals surface area contributed by atoms with Crippen LogP contribution in [-0.2, 0) is 20.7 Å². The van der Waals surface area contributed by atoms with Gasteiger partial charge >= 0.3 is 11.9 Å². The number of phenols is 2. The molecule has 5 N–H and O–H groups in total. The third kappa shape index (κ3) is 9.41. The van der Waals surface area contributed by atoms with E-state index < -0.39 is 24.1 Å². The standard InChI is InChI=1S/C21H28N2O7/c1-14(12-22)21(29)30-9-5-3-2-4-6-16(24)13-23-17(20(27)28)10-15-7-8-18(25)19(26)11-15/h7-8,11,16-17,23-26H,1-6,9-10,13H2,(H,27,28)/t16?,17-/m0/s1. The van der Waals surface area contributed by atoms with Crippen LogP contribution in [0.25, 0.3) is 0 Å². The lowest BCUT2D eigenvalue weighted by Gasteiger charge is -2.18. The molecule has 0 aliphatic rings. The molecule has 0 bridgehead atoms. The lowest BCUT2D eigenvalue weighted by Crippen LogP contribution is -2.42. The summed E-state index contributed by atoms with van der Waals surface area (Å²) in [6.45, 7) is 3.58. The van der Waals surface area contributed by atoms with Crippen molar-refractivity contribution in [1.82, 2.24) is 5.32 Å². The fraction of sp³-hybridized carbons (Fsp3) is 0.476. The van der Waals surface area contributed by atoms with Gasteiger partial charge < -0.3 is 30.5 Å². The Labute approximate surface area is 175 Å². The molecule has 0 aromatic heterocycles. The van der Waals surface area contributed by atoms with Gasteiger partial charge in [-0.05, 0) is 37.0 Å².